The first-order valence-corrected chi connectivity index (χ1v) is 7.48. The van der Waals surface area contributed by atoms with Crippen molar-refractivity contribution in [3.63, 3.8) is 0 Å². The lowest BCUT2D eigenvalue weighted by molar-refractivity contribution is 0.242. The van der Waals surface area contributed by atoms with Gasteiger partial charge in [0.1, 0.15) is 5.82 Å². The van der Waals surface area contributed by atoms with Crippen LogP contribution in [0.1, 0.15) is 44.7 Å². The van der Waals surface area contributed by atoms with E-state index in [1.165, 1.54) is 12.8 Å². The fourth-order valence-corrected chi connectivity index (χ4v) is 2.56. The molecule has 0 heterocycles. The van der Waals surface area contributed by atoms with Crippen molar-refractivity contribution >= 4 is 0 Å². The molecule has 1 aromatic rings. The van der Waals surface area contributed by atoms with Gasteiger partial charge in [-0.05, 0) is 38.4 Å². The van der Waals surface area contributed by atoms with Crippen molar-refractivity contribution in [1.82, 2.24) is 10.2 Å². The monoisotopic (exact) mass is 264 g/mol. The minimum Gasteiger partial charge on any atom is -0.309 e. The SMILES string of the molecule is CCCNC(CN(CC)C1CC1)c1ccccc1F. The Hall–Kier alpha value is -0.930. The highest BCUT2D eigenvalue weighted by Gasteiger charge is 2.30. The number of likely N-dealkylation sites (N-methyl/N-ethyl adjacent to an activating group) is 1. The van der Waals surface area contributed by atoms with Gasteiger partial charge in [0, 0.05) is 24.2 Å². The van der Waals surface area contributed by atoms with E-state index in [0.29, 0.717) is 0 Å². The largest absolute Gasteiger partial charge is 0.309 e. The predicted octanol–water partition coefficient (Wildman–Crippen LogP) is 3.35. The topological polar surface area (TPSA) is 15.3 Å². The Morgan fingerprint density at radius 1 is 1.32 bits per heavy atom. The Morgan fingerprint density at radius 3 is 2.63 bits per heavy atom. The summed E-state index contributed by atoms with van der Waals surface area (Å²) in [6.45, 7) is 7.22. The highest BCUT2D eigenvalue weighted by molar-refractivity contribution is 5.21. The second-order valence-corrected chi connectivity index (χ2v) is 5.35. The first-order chi connectivity index (χ1) is 9.26. The van der Waals surface area contributed by atoms with Crippen molar-refractivity contribution in [1.29, 1.82) is 0 Å². The molecule has 0 saturated heterocycles. The average Bonchev–Trinajstić information content (AvgIpc) is 3.25. The van der Waals surface area contributed by atoms with Crippen LogP contribution in [-0.4, -0.2) is 30.6 Å². The summed E-state index contributed by atoms with van der Waals surface area (Å²) in [5.41, 5.74) is 0.801. The summed E-state index contributed by atoms with van der Waals surface area (Å²) in [6, 6.07) is 7.97. The van der Waals surface area contributed by atoms with Gasteiger partial charge in [-0.2, -0.15) is 0 Å². The molecule has 1 N–H and O–H groups in total. The molecule has 0 aliphatic heterocycles. The third-order valence-electron chi connectivity index (χ3n) is 3.81. The van der Waals surface area contributed by atoms with E-state index in [1.807, 2.05) is 12.1 Å². The fraction of sp³-hybridized carbons (Fsp3) is 0.625. The quantitative estimate of drug-likeness (QED) is 0.774. The third-order valence-corrected chi connectivity index (χ3v) is 3.81. The van der Waals surface area contributed by atoms with Crippen molar-refractivity contribution in [2.75, 3.05) is 19.6 Å². The fourth-order valence-electron chi connectivity index (χ4n) is 2.56. The van der Waals surface area contributed by atoms with Crippen LogP contribution in [0.25, 0.3) is 0 Å². The molecule has 0 amide bonds. The zero-order chi connectivity index (χ0) is 13.7. The van der Waals surface area contributed by atoms with E-state index >= 15 is 0 Å². The summed E-state index contributed by atoms with van der Waals surface area (Å²) in [7, 11) is 0. The normalized spacial score (nSPS) is 16.8. The molecule has 0 spiro atoms. The van der Waals surface area contributed by atoms with Gasteiger partial charge in [-0.3, -0.25) is 4.90 Å². The van der Waals surface area contributed by atoms with Gasteiger partial charge in [-0.25, -0.2) is 4.39 Å². The molecule has 1 unspecified atom stereocenters. The molecule has 0 bridgehead atoms. The van der Waals surface area contributed by atoms with Crippen molar-refractivity contribution in [2.45, 2.75) is 45.2 Å². The highest BCUT2D eigenvalue weighted by atomic mass is 19.1. The number of nitrogens with one attached hydrogen (secondary N) is 1. The molecular weight excluding hydrogens is 239 g/mol. The Labute approximate surface area is 116 Å². The summed E-state index contributed by atoms with van der Waals surface area (Å²) < 4.78 is 14.0. The third kappa shape index (κ3) is 4.02. The molecule has 1 saturated carbocycles. The van der Waals surface area contributed by atoms with Crippen molar-refractivity contribution < 1.29 is 4.39 Å². The number of hydrogen-bond donors (Lipinski definition) is 1. The maximum atomic E-state index is 14.0. The van der Waals surface area contributed by atoms with Gasteiger partial charge in [0.2, 0.25) is 0 Å². The highest BCUT2D eigenvalue weighted by Crippen LogP contribution is 2.29. The number of hydrogen-bond acceptors (Lipinski definition) is 2. The van der Waals surface area contributed by atoms with Crippen LogP contribution in [-0.2, 0) is 0 Å². The number of halogens is 1. The van der Waals surface area contributed by atoms with E-state index < -0.39 is 0 Å². The van der Waals surface area contributed by atoms with Gasteiger partial charge >= 0.3 is 0 Å². The molecule has 1 aliphatic carbocycles. The second-order valence-electron chi connectivity index (χ2n) is 5.35. The Bertz CT molecular complexity index is 390. The van der Waals surface area contributed by atoms with Crippen LogP contribution >= 0.6 is 0 Å². The van der Waals surface area contributed by atoms with Crippen LogP contribution in [0.4, 0.5) is 4.39 Å². The first kappa shape index (κ1) is 14.5. The lowest BCUT2D eigenvalue weighted by atomic mass is 10.1. The smallest absolute Gasteiger partial charge is 0.128 e. The summed E-state index contributed by atoms with van der Waals surface area (Å²) in [6.07, 6.45) is 3.66. The molecule has 1 aromatic carbocycles. The molecule has 1 aliphatic rings. The molecule has 1 atom stereocenters. The van der Waals surface area contributed by atoms with E-state index in [4.69, 9.17) is 0 Å². The standard InChI is InChI=1S/C16H25FN2/c1-3-11-18-16(12-19(4-2)13-9-10-13)14-7-5-6-8-15(14)17/h5-8,13,16,18H,3-4,9-12H2,1-2H3. The second kappa shape index (κ2) is 7.01. The molecule has 19 heavy (non-hydrogen) atoms. The molecule has 1 fully saturated rings. The predicted molar refractivity (Wildman–Crippen MR) is 77.7 cm³/mol. The molecule has 2 rings (SSSR count). The van der Waals surface area contributed by atoms with Gasteiger partial charge in [0.25, 0.3) is 0 Å². The van der Waals surface area contributed by atoms with Gasteiger partial charge < -0.3 is 5.32 Å². The Morgan fingerprint density at radius 2 is 2.05 bits per heavy atom. The molecule has 2 nitrogen and oxygen atoms in total. The van der Waals surface area contributed by atoms with Crippen molar-refractivity contribution in [3.8, 4) is 0 Å². The number of nitrogens with zero attached hydrogens (tertiary/aromatic N) is 1. The van der Waals surface area contributed by atoms with E-state index in [0.717, 1.165) is 37.7 Å². The summed E-state index contributed by atoms with van der Waals surface area (Å²) in [5, 5.41) is 3.49. The van der Waals surface area contributed by atoms with Crippen LogP contribution < -0.4 is 5.32 Å². The zero-order valence-electron chi connectivity index (χ0n) is 12.0. The molecule has 0 aromatic heterocycles. The summed E-state index contributed by atoms with van der Waals surface area (Å²) >= 11 is 0. The van der Waals surface area contributed by atoms with Crippen LogP contribution in [0.3, 0.4) is 0 Å². The molecule has 3 heteroatoms. The Balaban J connectivity index is 2.08. The first-order valence-electron chi connectivity index (χ1n) is 7.48. The maximum Gasteiger partial charge on any atom is 0.128 e. The van der Waals surface area contributed by atoms with Gasteiger partial charge in [-0.1, -0.05) is 32.0 Å². The van der Waals surface area contributed by atoms with Gasteiger partial charge in [0.15, 0.2) is 0 Å². The van der Waals surface area contributed by atoms with E-state index in [-0.39, 0.29) is 11.9 Å². The van der Waals surface area contributed by atoms with Crippen LogP contribution in [0.2, 0.25) is 0 Å². The molecular formula is C16H25FN2. The van der Waals surface area contributed by atoms with Crippen molar-refractivity contribution in [3.05, 3.63) is 35.6 Å². The van der Waals surface area contributed by atoms with Crippen LogP contribution in [0.5, 0.6) is 0 Å². The summed E-state index contributed by atoms with van der Waals surface area (Å²) in [4.78, 5) is 2.47. The summed E-state index contributed by atoms with van der Waals surface area (Å²) in [5.74, 6) is -0.0945. The lowest BCUT2D eigenvalue weighted by Crippen LogP contribution is -2.37. The van der Waals surface area contributed by atoms with Crippen LogP contribution in [0.15, 0.2) is 24.3 Å². The number of benzene rings is 1. The van der Waals surface area contributed by atoms with Gasteiger partial charge in [-0.15, -0.1) is 0 Å². The average molecular weight is 264 g/mol. The zero-order valence-corrected chi connectivity index (χ0v) is 12.0. The van der Waals surface area contributed by atoms with E-state index in [2.05, 4.69) is 24.1 Å². The maximum absolute atomic E-state index is 14.0. The van der Waals surface area contributed by atoms with E-state index in [1.54, 1.807) is 12.1 Å². The number of rotatable bonds is 8. The Kier molecular flexibility index (Phi) is 5.34. The van der Waals surface area contributed by atoms with Gasteiger partial charge in [0.05, 0.1) is 0 Å². The van der Waals surface area contributed by atoms with Crippen LogP contribution in [0, 0.1) is 5.82 Å². The van der Waals surface area contributed by atoms with Crippen molar-refractivity contribution in [2.24, 2.45) is 0 Å². The minimum atomic E-state index is -0.0945. The molecule has 0 radical (unpaired) electrons. The minimum absolute atomic E-state index is 0.0945. The molecule has 106 valence electrons. The van der Waals surface area contributed by atoms with E-state index in [9.17, 15) is 4.39 Å². The lowest BCUT2D eigenvalue weighted by Gasteiger charge is -2.27.